The Bertz CT molecular complexity index is 3490. The van der Waals surface area contributed by atoms with Crippen molar-refractivity contribution in [2.75, 3.05) is 0 Å². The molecule has 1 aliphatic carbocycles. The van der Waals surface area contributed by atoms with Gasteiger partial charge < -0.3 is 4.42 Å². The standard InChI is InChI=1S/C52H32OS/c1-2-14-31(15-3-1)50-37-20-6-8-22-39(37)51(40-23-9-7-21-38(40)50)41-27-26-34(32-16-4-5-17-33(32)41)42-29-45-35-18-10-12-24-47(35)53-52(45)46-30-49-44(28-43(42)46)36-19-11-13-25-48(36)54-49/h1-6,8,10-30H,7,9H2. The van der Waals surface area contributed by atoms with Crippen LogP contribution >= 0.6 is 11.3 Å². The van der Waals surface area contributed by atoms with Crippen LogP contribution in [0.4, 0.5) is 0 Å². The molecule has 0 saturated carbocycles. The molecular formula is C52H32OS. The molecule has 0 radical (unpaired) electrons. The van der Waals surface area contributed by atoms with Crippen molar-refractivity contribution in [1.29, 1.82) is 0 Å². The number of rotatable bonds is 3. The Labute approximate surface area is 315 Å². The first-order valence-corrected chi connectivity index (χ1v) is 19.6. The van der Waals surface area contributed by atoms with Crippen molar-refractivity contribution < 1.29 is 4.42 Å². The minimum absolute atomic E-state index is 0.922. The van der Waals surface area contributed by atoms with Gasteiger partial charge in [-0.25, -0.2) is 0 Å². The van der Waals surface area contributed by atoms with Crippen LogP contribution in [0.3, 0.4) is 0 Å². The fraction of sp³-hybridized carbons (Fsp3) is 0.0385. The largest absolute Gasteiger partial charge is 0.455 e. The summed E-state index contributed by atoms with van der Waals surface area (Å²) in [5.74, 6) is 0. The molecule has 0 aliphatic heterocycles. The number of para-hydroxylation sites is 1. The molecule has 1 aliphatic rings. The van der Waals surface area contributed by atoms with E-state index in [0.717, 1.165) is 40.2 Å². The van der Waals surface area contributed by atoms with Gasteiger partial charge in [-0.3, -0.25) is 0 Å². The summed E-state index contributed by atoms with van der Waals surface area (Å²) in [6.45, 7) is 0. The molecule has 0 bridgehead atoms. The summed E-state index contributed by atoms with van der Waals surface area (Å²) in [7, 11) is 0. The summed E-state index contributed by atoms with van der Waals surface area (Å²) >= 11 is 1.86. The van der Waals surface area contributed by atoms with Gasteiger partial charge in [0.15, 0.2) is 0 Å². The fourth-order valence-electron chi connectivity index (χ4n) is 9.35. The molecule has 9 aromatic carbocycles. The van der Waals surface area contributed by atoms with Crippen LogP contribution in [0.25, 0.3) is 120 Å². The number of thiophene rings is 1. The highest BCUT2D eigenvalue weighted by Gasteiger charge is 2.21. The van der Waals surface area contributed by atoms with Crippen LogP contribution in [0.15, 0.2) is 162 Å². The van der Waals surface area contributed by atoms with Gasteiger partial charge in [0.1, 0.15) is 11.2 Å². The summed E-state index contributed by atoms with van der Waals surface area (Å²) in [5, 5.41) is 15.1. The third kappa shape index (κ3) is 4.26. The highest BCUT2D eigenvalue weighted by Crippen LogP contribution is 2.46. The van der Waals surface area contributed by atoms with Crippen LogP contribution in [0.1, 0.15) is 12.8 Å². The van der Waals surface area contributed by atoms with E-state index in [4.69, 9.17) is 4.42 Å². The van der Waals surface area contributed by atoms with Crippen LogP contribution in [0, 0.1) is 0 Å². The number of fused-ring (bicyclic) bond motifs is 11. The molecule has 0 saturated heterocycles. The lowest BCUT2D eigenvalue weighted by molar-refractivity contribution is 0.673. The van der Waals surface area contributed by atoms with E-state index in [0.29, 0.717) is 0 Å². The summed E-state index contributed by atoms with van der Waals surface area (Å²) in [5.41, 5.74) is 9.55. The Balaban J connectivity index is 1.19. The maximum absolute atomic E-state index is 6.68. The molecule has 0 amide bonds. The molecule has 0 unspecified atom stereocenters. The van der Waals surface area contributed by atoms with Crippen LogP contribution in [-0.2, 0) is 0 Å². The molecule has 2 heterocycles. The van der Waals surface area contributed by atoms with E-state index in [2.05, 4.69) is 170 Å². The maximum atomic E-state index is 6.68. The number of benzene rings is 9. The van der Waals surface area contributed by atoms with Gasteiger partial charge in [0.25, 0.3) is 0 Å². The molecule has 0 atom stereocenters. The first-order valence-electron chi connectivity index (χ1n) is 18.8. The second-order valence-corrected chi connectivity index (χ2v) is 15.7. The Morgan fingerprint density at radius 2 is 0.963 bits per heavy atom. The molecule has 2 aromatic heterocycles. The molecular weight excluding hydrogens is 673 g/mol. The zero-order valence-corrected chi connectivity index (χ0v) is 30.2. The van der Waals surface area contributed by atoms with E-state index >= 15 is 0 Å². The zero-order valence-electron chi connectivity index (χ0n) is 29.4. The Morgan fingerprint density at radius 3 is 1.76 bits per heavy atom. The van der Waals surface area contributed by atoms with E-state index in [9.17, 15) is 0 Å². The van der Waals surface area contributed by atoms with Gasteiger partial charge in [-0.2, -0.15) is 0 Å². The quantitative estimate of drug-likeness (QED) is 0.178. The molecule has 12 rings (SSSR count). The van der Waals surface area contributed by atoms with E-state index < -0.39 is 0 Å². The maximum Gasteiger partial charge on any atom is 0.143 e. The normalized spacial score (nSPS) is 13.0. The molecule has 0 N–H and O–H groups in total. The van der Waals surface area contributed by atoms with Crippen LogP contribution < -0.4 is 10.4 Å². The lowest BCUT2D eigenvalue weighted by atomic mass is 9.83. The molecule has 54 heavy (non-hydrogen) atoms. The van der Waals surface area contributed by atoms with Gasteiger partial charge in [-0.1, -0.05) is 140 Å². The van der Waals surface area contributed by atoms with Crippen LogP contribution in [-0.4, -0.2) is 0 Å². The highest BCUT2D eigenvalue weighted by atomic mass is 32.1. The van der Waals surface area contributed by atoms with Crippen molar-refractivity contribution >= 4 is 97.9 Å². The summed E-state index contributed by atoms with van der Waals surface area (Å²) in [6, 6.07) is 58.2. The monoisotopic (exact) mass is 704 g/mol. The summed E-state index contributed by atoms with van der Waals surface area (Å²) < 4.78 is 9.27. The number of furan rings is 1. The first kappa shape index (κ1) is 30.0. The van der Waals surface area contributed by atoms with E-state index in [-0.39, 0.29) is 0 Å². The average Bonchev–Trinajstić information content (AvgIpc) is 3.80. The van der Waals surface area contributed by atoms with E-state index in [1.807, 2.05) is 11.3 Å². The Morgan fingerprint density at radius 1 is 0.370 bits per heavy atom. The van der Waals surface area contributed by atoms with Gasteiger partial charge in [-0.05, 0) is 114 Å². The lowest BCUT2D eigenvalue weighted by Crippen LogP contribution is -2.31. The van der Waals surface area contributed by atoms with Crippen molar-refractivity contribution in [3.8, 4) is 33.4 Å². The van der Waals surface area contributed by atoms with Crippen molar-refractivity contribution in [2.45, 2.75) is 12.8 Å². The summed E-state index contributed by atoms with van der Waals surface area (Å²) in [6.07, 6.45) is 7.04. The smallest absolute Gasteiger partial charge is 0.143 e. The molecule has 0 spiro atoms. The van der Waals surface area contributed by atoms with Crippen molar-refractivity contribution in [1.82, 2.24) is 0 Å². The molecule has 11 aromatic rings. The van der Waals surface area contributed by atoms with Crippen molar-refractivity contribution in [3.63, 3.8) is 0 Å². The van der Waals surface area contributed by atoms with Crippen LogP contribution in [0.5, 0.6) is 0 Å². The van der Waals surface area contributed by atoms with Crippen molar-refractivity contribution in [3.05, 3.63) is 168 Å². The predicted octanol–water partition coefficient (Wildman–Crippen LogP) is 13.8. The van der Waals surface area contributed by atoms with Gasteiger partial charge in [0, 0.05) is 36.3 Å². The predicted molar refractivity (Wildman–Crippen MR) is 233 cm³/mol. The lowest BCUT2D eigenvalue weighted by Gasteiger charge is -2.20. The third-order valence-corrected chi connectivity index (χ3v) is 12.8. The molecule has 252 valence electrons. The fourth-order valence-corrected chi connectivity index (χ4v) is 10.5. The number of hydrogen-bond acceptors (Lipinski definition) is 2. The zero-order chi connectivity index (χ0) is 35.3. The first-order chi connectivity index (χ1) is 26.8. The molecule has 1 nitrogen and oxygen atoms in total. The Kier molecular flexibility index (Phi) is 6.40. The SMILES string of the molecule is C1=c2c(-c3ccccc3)c3ccccc3c(-c3ccc(-c4cc5c6ccccc6oc5c5cc6sc7ccccc7c6cc45)c4ccccc34)c2=CCC1. The van der Waals surface area contributed by atoms with E-state index in [1.165, 1.54) is 90.9 Å². The van der Waals surface area contributed by atoms with Gasteiger partial charge in [0.2, 0.25) is 0 Å². The van der Waals surface area contributed by atoms with Crippen LogP contribution in [0.2, 0.25) is 0 Å². The summed E-state index contributed by atoms with van der Waals surface area (Å²) in [4.78, 5) is 0. The second kappa shape index (κ2) is 11.5. The van der Waals surface area contributed by atoms with Gasteiger partial charge in [0.05, 0.1) is 0 Å². The highest BCUT2D eigenvalue weighted by molar-refractivity contribution is 7.25. The minimum Gasteiger partial charge on any atom is -0.455 e. The van der Waals surface area contributed by atoms with Gasteiger partial charge >= 0.3 is 0 Å². The van der Waals surface area contributed by atoms with Crippen molar-refractivity contribution in [2.24, 2.45) is 0 Å². The molecule has 0 fully saturated rings. The topological polar surface area (TPSA) is 13.1 Å². The number of hydrogen-bond donors (Lipinski definition) is 0. The van der Waals surface area contributed by atoms with E-state index in [1.54, 1.807) is 0 Å². The third-order valence-electron chi connectivity index (χ3n) is 11.7. The molecule has 2 heteroatoms. The second-order valence-electron chi connectivity index (χ2n) is 14.6. The minimum atomic E-state index is 0.922. The Hall–Kier alpha value is -6.48. The van der Waals surface area contributed by atoms with Gasteiger partial charge in [-0.15, -0.1) is 11.3 Å². The average molecular weight is 705 g/mol.